The van der Waals surface area contributed by atoms with Crippen LogP contribution < -0.4 is 5.32 Å². The summed E-state index contributed by atoms with van der Waals surface area (Å²) in [5.74, 6) is -3.39. The number of aliphatic hydroxyl groups is 2. The number of allylic oxidation sites excluding steroid dienone is 2. The van der Waals surface area contributed by atoms with Crippen LogP contribution in [0.25, 0.3) is 0 Å². The second-order valence-electron chi connectivity index (χ2n) is 4.35. The highest BCUT2D eigenvalue weighted by atomic mass is 16.4. The lowest BCUT2D eigenvalue weighted by molar-refractivity contribution is -0.142. The summed E-state index contributed by atoms with van der Waals surface area (Å²) in [6, 6.07) is 0. The van der Waals surface area contributed by atoms with Crippen molar-refractivity contribution in [2.45, 2.75) is 25.8 Å². The summed E-state index contributed by atoms with van der Waals surface area (Å²) in [7, 11) is 0. The van der Waals surface area contributed by atoms with E-state index in [4.69, 9.17) is 20.4 Å². The third-order valence-corrected chi connectivity index (χ3v) is 2.91. The Hall–Kier alpha value is -1.70. The van der Waals surface area contributed by atoms with Gasteiger partial charge in [0, 0.05) is 6.61 Å². The van der Waals surface area contributed by atoms with E-state index in [1.54, 1.807) is 0 Å². The van der Waals surface area contributed by atoms with Crippen LogP contribution >= 0.6 is 0 Å². The number of carbonyl (C=O) groups is 2. The molecule has 0 heterocycles. The van der Waals surface area contributed by atoms with Gasteiger partial charge in [-0.2, -0.15) is 0 Å². The van der Waals surface area contributed by atoms with Crippen molar-refractivity contribution >= 4 is 11.9 Å². The highest BCUT2D eigenvalue weighted by Crippen LogP contribution is 2.31. The summed E-state index contributed by atoms with van der Waals surface area (Å²) in [6.07, 6.45) is 4.98. The number of carboxylic acids is 2. The highest BCUT2D eigenvalue weighted by Gasteiger charge is 2.44. The fraction of sp³-hybridized carbons (Fsp3) is 0.538. The van der Waals surface area contributed by atoms with Crippen LogP contribution in [0, 0.1) is 5.92 Å². The molecule has 0 aliphatic heterocycles. The van der Waals surface area contributed by atoms with E-state index >= 15 is 0 Å². The first-order valence-corrected chi connectivity index (χ1v) is 6.16. The fourth-order valence-electron chi connectivity index (χ4n) is 1.79. The summed E-state index contributed by atoms with van der Waals surface area (Å²) in [5, 5.41) is 37.2. The molecular formula is C13H21NO6. The molecule has 1 aliphatic carbocycles. The molecule has 0 aromatic carbocycles. The van der Waals surface area contributed by atoms with Gasteiger partial charge < -0.3 is 20.4 Å². The van der Waals surface area contributed by atoms with Crippen LogP contribution in [0.5, 0.6) is 0 Å². The summed E-state index contributed by atoms with van der Waals surface area (Å²) < 4.78 is 0. The number of rotatable bonds is 5. The lowest BCUT2D eigenvalue weighted by Crippen LogP contribution is -2.55. The van der Waals surface area contributed by atoms with E-state index in [-0.39, 0.29) is 5.57 Å². The smallest absolute Gasteiger partial charge is 0.333 e. The van der Waals surface area contributed by atoms with E-state index < -0.39 is 30.1 Å². The number of hydrogen-bond acceptors (Lipinski definition) is 5. The molecule has 1 rings (SSSR count). The maximum atomic E-state index is 11.0. The summed E-state index contributed by atoms with van der Waals surface area (Å²) in [4.78, 5) is 22.0. The number of hydrogen-bond donors (Lipinski definition) is 5. The second kappa shape index (κ2) is 8.47. The van der Waals surface area contributed by atoms with Crippen LogP contribution in [-0.4, -0.2) is 51.2 Å². The Morgan fingerprint density at radius 1 is 1.35 bits per heavy atom. The maximum Gasteiger partial charge on any atom is 0.333 e. The van der Waals surface area contributed by atoms with Gasteiger partial charge in [-0.3, -0.25) is 10.1 Å². The van der Waals surface area contributed by atoms with E-state index in [1.165, 1.54) is 25.2 Å². The molecule has 2 atom stereocenters. The number of aliphatic carboxylic acids is 2. The molecule has 2 unspecified atom stereocenters. The minimum atomic E-state index is -1.32. The second-order valence-corrected chi connectivity index (χ2v) is 4.35. The molecule has 0 spiro atoms. The molecule has 20 heavy (non-hydrogen) atoms. The molecule has 5 N–H and O–H groups in total. The number of carboxylic acid groups (broad SMARTS) is 2. The summed E-state index contributed by atoms with van der Waals surface area (Å²) in [6.45, 7) is 3.18. The third-order valence-electron chi connectivity index (χ3n) is 2.91. The van der Waals surface area contributed by atoms with Crippen molar-refractivity contribution in [1.29, 1.82) is 0 Å². The van der Waals surface area contributed by atoms with Crippen LogP contribution in [0.15, 0.2) is 23.8 Å². The Bertz CT molecular complexity index is 402. The quantitative estimate of drug-likeness (QED) is 0.449. The van der Waals surface area contributed by atoms with Crippen molar-refractivity contribution in [2.75, 3.05) is 13.3 Å². The molecule has 1 aliphatic rings. The van der Waals surface area contributed by atoms with Crippen molar-refractivity contribution in [1.82, 2.24) is 5.32 Å². The van der Waals surface area contributed by atoms with Crippen molar-refractivity contribution < 1.29 is 30.0 Å². The fourth-order valence-corrected chi connectivity index (χ4v) is 1.79. The SMILES string of the molecule is CC1(NCO)C(C(=O)O)=CC=CC1C(=O)O.CCCO. The van der Waals surface area contributed by atoms with E-state index in [0.717, 1.165) is 6.42 Å². The van der Waals surface area contributed by atoms with Gasteiger partial charge in [0.1, 0.15) is 0 Å². The van der Waals surface area contributed by atoms with Gasteiger partial charge in [0.05, 0.1) is 23.8 Å². The van der Waals surface area contributed by atoms with Gasteiger partial charge in [-0.05, 0) is 13.3 Å². The minimum Gasteiger partial charge on any atom is -0.481 e. The average Bonchev–Trinajstić information content (AvgIpc) is 2.38. The Kier molecular flexibility index (Phi) is 7.75. The van der Waals surface area contributed by atoms with Crippen LogP contribution in [0.4, 0.5) is 0 Å². The zero-order chi connectivity index (χ0) is 15.8. The zero-order valence-corrected chi connectivity index (χ0v) is 11.5. The van der Waals surface area contributed by atoms with Gasteiger partial charge in [-0.15, -0.1) is 0 Å². The molecular weight excluding hydrogens is 266 g/mol. The van der Waals surface area contributed by atoms with Gasteiger partial charge in [0.2, 0.25) is 0 Å². The molecule has 0 fully saturated rings. The van der Waals surface area contributed by atoms with Gasteiger partial charge in [0.25, 0.3) is 0 Å². The van der Waals surface area contributed by atoms with E-state index in [1.807, 2.05) is 6.92 Å². The highest BCUT2D eigenvalue weighted by molar-refractivity contribution is 5.92. The van der Waals surface area contributed by atoms with Gasteiger partial charge in [-0.25, -0.2) is 4.79 Å². The van der Waals surface area contributed by atoms with E-state index in [0.29, 0.717) is 6.61 Å². The van der Waals surface area contributed by atoms with Crippen molar-refractivity contribution in [3.63, 3.8) is 0 Å². The number of nitrogens with one attached hydrogen (secondary N) is 1. The Morgan fingerprint density at radius 2 is 1.90 bits per heavy atom. The van der Waals surface area contributed by atoms with Crippen molar-refractivity contribution in [3.8, 4) is 0 Å². The number of aliphatic hydroxyl groups excluding tert-OH is 2. The van der Waals surface area contributed by atoms with Gasteiger partial charge in [0.15, 0.2) is 0 Å². The topological polar surface area (TPSA) is 127 Å². The molecule has 0 amide bonds. The first-order valence-electron chi connectivity index (χ1n) is 6.16. The third kappa shape index (κ3) is 4.44. The maximum absolute atomic E-state index is 11.0. The monoisotopic (exact) mass is 287 g/mol. The lowest BCUT2D eigenvalue weighted by Gasteiger charge is -2.36. The zero-order valence-electron chi connectivity index (χ0n) is 11.5. The van der Waals surface area contributed by atoms with Crippen molar-refractivity contribution in [3.05, 3.63) is 23.8 Å². The first kappa shape index (κ1) is 18.3. The van der Waals surface area contributed by atoms with Crippen LogP contribution in [0.2, 0.25) is 0 Å². The predicted octanol–water partition coefficient (Wildman–Crippen LogP) is -0.0452. The molecule has 0 aromatic heterocycles. The molecule has 0 saturated heterocycles. The Morgan fingerprint density at radius 3 is 2.25 bits per heavy atom. The molecule has 0 aromatic rings. The van der Waals surface area contributed by atoms with E-state index in [9.17, 15) is 9.59 Å². The molecule has 0 radical (unpaired) electrons. The van der Waals surface area contributed by atoms with Crippen LogP contribution in [0.3, 0.4) is 0 Å². The van der Waals surface area contributed by atoms with Crippen molar-refractivity contribution in [2.24, 2.45) is 5.92 Å². The minimum absolute atomic E-state index is 0.0866. The lowest BCUT2D eigenvalue weighted by atomic mass is 9.76. The molecule has 0 saturated carbocycles. The van der Waals surface area contributed by atoms with E-state index in [2.05, 4.69) is 5.32 Å². The first-order chi connectivity index (χ1) is 9.34. The Labute approximate surface area is 117 Å². The normalized spacial score (nSPS) is 24.4. The molecule has 0 bridgehead atoms. The standard InChI is InChI=1S/C10H13NO5.C3H8O/c1-10(11-5-12)6(8(13)14)3-2-4-7(10)9(15)16;1-2-3-4/h2-4,6,11-12H,5H2,1H3,(H,13,14)(H,15,16);4H,2-3H2,1H3. The molecule has 114 valence electrons. The molecule has 7 heteroatoms. The predicted molar refractivity (Wildman–Crippen MR) is 72.0 cm³/mol. The summed E-state index contributed by atoms with van der Waals surface area (Å²) in [5.41, 5.74) is -1.40. The summed E-state index contributed by atoms with van der Waals surface area (Å²) >= 11 is 0. The largest absolute Gasteiger partial charge is 0.481 e. The Balaban J connectivity index is 0.000000796. The van der Waals surface area contributed by atoms with Gasteiger partial charge in [-0.1, -0.05) is 25.2 Å². The van der Waals surface area contributed by atoms with Crippen LogP contribution in [0.1, 0.15) is 20.3 Å². The average molecular weight is 287 g/mol. The van der Waals surface area contributed by atoms with Gasteiger partial charge >= 0.3 is 11.9 Å². The van der Waals surface area contributed by atoms with Crippen LogP contribution in [-0.2, 0) is 9.59 Å². The molecule has 7 nitrogen and oxygen atoms in total.